The molecule has 1 aromatic carbocycles. The maximum atomic E-state index is 13.5. The molecule has 0 spiro atoms. The summed E-state index contributed by atoms with van der Waals surface area (Å²) in [6.07, 6.45) is 4.58. The van der Waals surface area contributed by atoms with E-state index in [2.05, 4.69) is 30.2 Å². The second-order valence-corrected chi connectivity index (χ2v) is 7.40. The average Bonchev–Trinajstić information content (AvgIpc) is 2.90. The molecule has 36 heavy (non-hydrogen) atoms. The summed E-state index contributed by atoms with van der Waals surface area (Å²) in [5, 5.41) is 2.61. The SMILES string of the molecule is NC(=CC(=Nc1ccc(NC(=O)c2cccc(-c3cncnc3)c2)nc1)C(F)(F)F)c1cccnc1. The summed E-state index contributed by atoms with van der Waals surface area (Å²) in [4.78, 5) is 32.1. The lowest BCUT2D eigenvalue weighted by molar-refractivity contribution is -0.0576. The molecule has 180 valence electrons. The molecule has 11 heteroatoms. The van der Waals surface area contributed by atoms with Gasteiger partial charge in [0.05, 0.1) is 11.9 Å². The molecule has 0 unspecified atom stereocenters. The van der Waals surface area contributed by atoms with E-state index < -0.39 is 17.8 Å². The number of halogens is 3. The van der Waals surface area contributed by atoms with Crippen LogP contribution in [0.2, 0.25) is 0 Å². The average molecular weight is 489 g/mol. The molecule has 4 aromatic rings. The molecule has 4 rings (SSSR count). The van der Waals surface area contributed by atoms with Crippen LogP contribution in [0.1, 0.15) is 15.9 Å². The first-order valence-electron chi connectivity index (χ1n) is 10.5. The van der Waals surface area contributed by atoms with E-state index in [0.717, 1.165) is 23.4 Å². The molecular formula is C25H18F3N7O. The van der Waals surface area contributed by atoms with Crippen LogP contribution in [0, 0.1) is 0 Å². The normalized spacial score (nSPS) is 12.3. The number of aromatic nitrogens is 4. The van der Waals surface area contributed by atoms with E-state index in [-0.39, 0.29) is 17.2 Å². The predicted octanol–water partition coefficient (Wildman–Crippen LogP) is 4.82. The van der Waals surface area contributed by atoms with Crippen LogP contribution in [-0.2, 0) is 0 Å². The van der Waals surface area contributed by atoms with Gasteiger partial charge in [0.1, 0.15) is 17.9 Å². The second-order valence-electron chi connectivity index (χ2n) is 7.40. The molecule has 0 saturated heterocycles. The van der Waals surface area contributed by atoms with Crippen molar-refractivity contribution in [3.05, 3.63) is 103 Å². The summed E-state index contributed by atoms with van der Waals surface area (Å²) >= 11 is 0. The number of carbonyl (C=O) groups excluding carboxylic acids is 1. The zero-order chi connectivity index (χ0) is 25.5. The Bertz CT molecular complexity index is 1410. The first kappa shape index (κ1) is 24.2. The van der Waals surface area contributed by atoms with Crippen molar-refractivity contribution in [1.29, 1.82) is 0 Å². The molecule has 0 aliphatic rings. The van der Waals surface area contributed by atoms with E-state index in [0.29, 0.717) is 11.1 Å². The summed E-state index contributed by atoms with van der Waals surface area (Å²) in [5.74, 6) is -0.299. The van der Waals surface area contributed by atoms with Crippen molar-refractivity contribution in [3.8, 4) is 11.1 Å². The van der Waals surface area contributed by atoms with E-state index in [1.807, 2.05) is 6.07 Å². The molecule has 0 fully saturated rings. The molecule has 3 N–H and O–H groups in total. The number of aliphatic imine (C=N–C) groups is 1. The van der Waals surface area contributed by atoms with Gasteiger partial charge in [-0.25, -0.2) is 19.9 Å². The number of amides is 1. The van der Waals surface area contributed by atoms with E-state index in [4.69, 9.17) is 5.73 Å². The number of carbonyl (C=O) groups is 1. The highest BCUT2D eigenvalue weighted by Gasteiger charge is 2.34. The summed E-state index contributed by atoms with van der Waals surface area (Å²) in [7, 11) is 0. The Morgan fingerprint density at radius 1 is 0.917 bits per heavy atom. The largest absolute Gasteiger partial charge is 0.433 e. The van der Waals surface area contributed by atoms with Crippen LogP contribution < -0.4 is 11.1 Å². The van der Waals surface area contributed by atoms with Crippen molar-refractivity contribution in [2.45, 2.75) is 6.18 Å². The quantitative estimate of drug-likeness (QED) is 0.375. The minimum Gasteiger partial charge on any atom is -0.398 e. The van der Waals surface area contributed by atoms with E-state index >= 15 is 0 Å². The Hall–Kier alpha value is -4.93. The van der Waals surface area contributed by atoms with Gasteiger partial charge in [0, 0.05) is 47.2 Å². The summed E-state index contributed by atoms with van der Waals surface area (Å²) in [6.45, 7) is 0. The second kappa shape index (κ2) is 10.6. The molecule has 0 atom stereocenters. The molecule has 0 bridgehead atoms. The van der Waals surface area contributed by atoms with Crippen LogP contribution in [0.25, 0.3) is 16.8 Å². The number of nitrogens with two attached hydrogens (primary N) is 1. The molecule has 0 aliphatic heterocycles. The summed E-state index contributed by atoms with van der Waals surface area (Å²) in [6, 6.07) is 12.6. The Balaban J connectivity index is 1.51. The fourth-order valence-electron chi connectivity index (χ4n) is 3.08. The van der Waals surface area contributed by atoms with Crippen LogP contribution in [-0.4, -0.2) is 37.7 Å². The van der Waals surface area contributed by atoms with Gasteiger partial charge in [-0.15, -0.1) is 0 Å². The number of hydrogen-bond donors (Lipinski definition) is 2. The number of benzene rings is 1. The molecule has 1 amide bonds. The Morgan fingerprint density at radius 2 is 1.69 bits per heavy atom. The molecule has 3 heterocycles. The predicted molar refractivity (Wildman–Crippen MR) is 129 cm³/mol. The summed E-state index contributed by atoms with van der Waals surface area (Å²) < 4.78 is 40.6. The number of pyridine rings is 2. The number of nitrogens with one attached hydrogen (secondary N) is 1. The van der Waals surface area contributed by atoms with Crippen molar-refractivity contribution < 1.29 is 18.0 Å². The maximum Gasteiger partial charge on any atom is 0.433 e. The van der Waals surface area contributed by atoms with Crippen LogP contribution in [0.15, 0.2) is 96.9 Å². The third kappa shape index (κ3) is 6.14. The van der Waals surface area contributed by atoms with Crippen molar-refractivity contribution in [1.82, 2.24) is 19.9 Å². The molecule has 0 saturated carbocycles. The summed E-state index contributed by atoms with van der Waals surface area (Å²) in [5.41, 5.74) is 6.56. The number of nitrogens with zero attached hydrogens (tertiary/aromatic N) is 5. The maximum absolute atomic E-state index is 13.5. The van der Waals surface area contributed by atoms with Gasteiger partial charge in [0.15, 0.2) is 0 Å². The number of hydrogen-bond acceptors (Lipinski definition) is 7. The molecule has 3 aromatic heterocycles. The highest BCUT2D eigenvalue weighted by molar-refractivity contribution is 6.06. The van der Waals surface area contributed by atoms with Crippen molar-refractivity contribution in [2.75, 3.05) is 5.32 Å². The van der Waals surface area contributed by atoms with Gasteiger partial charge in [-0.05, 0) is 48.0 Å². The van der Waals surface area contributed by atoms with Gasteiger partial charge in [-0.2, -0.15) is 13.2 Å². The smallest absolute Gasteiger partial charge is 0.398 e. The molecule has 8 nitrogen and oxygen atoms in total. The van der Waals surface area contributed by atoms with Crippen molar-refractivity contribution >= 4 is 28.8 Å². The number of anilines is 1. The standard InChI is InChI=1S/C25H18F3N7O/c26-25(27,28)22(10-21(29)18-5-2-8-30-11-18)34-20-6-7-23(33-14-20)35-24(36)17-4-1-3-16(9-17)19-12-31-15-32-13-19/h1-15H,29H2,(H,33,35,36). The van der Waals surface area contributed by atoms with Gasteiger partial charge >= 0.3 is 6.18 Å². The number of allylic oxidation sites excluding steroid dienone is 1. The van der Waals surface area contributed by atoms with Crippen LogP contribution in [0.4, 0.5) is 24.7 Å². The zero-order valence-electron chi connectivity index (χ0n) is 18.5. The lowest BCUT2D eigenvalue weighted by Gasteiger charge is -2.09. The minimum atomic E-state index is -4.76. The third-order valence-corrected chi connectivity index (χ3v) is 4.84. The van der Waals surface area contributed by atoms with E-state index in [9.17, 15) is 18.0 Å². The van der Waals surface area contributed by atoms with Crippen LogP contribution in [0.3, 0.4) is 0 Å². The molecular weight excluding hydrogens is 471 g/mol. The van der Waals surface area contributed by atoms with Gasteiger partial charge in [0.2, 0.25) is 0 Å². The first-order chi connectivity index (χ1) is 17.3. The fraction of sp³-hybridized carbons (Fsp3) is 0.0400. The Morgan fingerprint density at radius 3 is 2.36 bits per heavy atom. The van der Waals surface area contributed by atoms with Crippen LogP contribution >= 0.6 is 0 Å². The van der Waals surface area contributed by atoms with Crippen molar-refractivity contribution in [2.24, 2.45) is 10.7 Å². The highest BCUT2D eigenvalue weighted by atomic mass is 19.4. The van der Waals surface area contributed by atoms with Gasteiger partial charge in [-0.1, -0.05) is 12.1 Å². The Kier molecular flexibility index (Phi) is 7.10. The minimum absolute atomic E-state index is 0.0679. The molecule has 0 radical (unpaired) electrons. The third-order valence-electron chi connectivity index (χ3n) is 4.84. The lowest BCUT2D eigenvalue weighted by atomic mass is 10.1. The number of rotatable bonds is 6. The van der Waals surface area contributed by atoms with Crippen LogP contribution in [0.5, 0.6) is 0 Å². The lowest BCUT2D eigenvalue weighted by Crippen LogP contribution is -2.22. The Labute approximate surface area is 203 Å². The van der Waals surface area contributed by atoms with Gasteiger partial charge < -0.3 is 11.1 Å². The highest BCUT2D eigenvalue weighted by Crippen LogP contribution is 2.25. The van der Waals surface area contributed by atoms with Gasteiger partial charge in [-0.3, -0.25) is 9.78 Å². The number of alkyl halides is 3. The zero-order valence-corrected chi connectivity index (χ0v) is 18.5. The van der Waals surface area contributed by atoms with Crippen molar-refractivity contribution in [3.63, 3.8) is 0 Å². The molecule has 0 aliphatic carbocycles. The fourth-order valence-corrected chi connectivity index (χ4v) is 3.08. The van der Waals surface area contributed by atoms with E-state index in [1.54, 1.807) is 36.7 Å². The van der Waals surface area contributed by atoms with E-state index in [1.165, 1.54) is 36.9 Å². The topological polar surface area (TPSA) is 119 Å². The monoisotopic (exact) mass is 489 g/mol. The first-order valence-corrected chi connectivity index (χ1v) is 10.5. The van der Waals surface area contributed by atoms with Gasteiger partial charge in [0.25, 0.3) is 5.91 Å².